The molecule has 1 aliphatic rings. The van der Waals surface area contributed by atoms with Crippen LogP contribution in [-0.2, 0) is 19.1 Å². The monoisotopic (exact) mass is 229 g/mol. The van der Waals surface area contributed by atoms with Crippen LogP contribution < -0.4 is 5.32 Å². The zero-order valence-electron chi connectivity index (χ0n) is 9.06. The lowest BCUT2D eigenvalue weighted by atomic mass is 9.95. The van der Waals surface area contributed by atoms with Gasteiger partial charge in [-0.25, -0.2) is 0 Å². The lowest BCUT2D eigenvalue weighted by Crippen LogP contribution is -2.38. The fourth-order valence-corrected chi connectivity index (χ4v) is 1.93. The normalized spacial score (nSPS) is 23.8. The smallest absolute Gasteiger partial charge is 0.325 e. The van der Waals surface area contributed by atoms with Crippen molar-refractivity contribution in [2.24, 2.45) is 11.8 Å². The van der Waals surface area contributed by atoms with Gasteiger partial charge in [-0.3, -0.25) is 14.4 Å². The van der Waals surface area contributed by atoms with Crippen molar-refractivity contribution in [3.8, 4) is 0 Å². The predicted octanol–water partition coefficient (Wildman–Crippen LogP) is -0.224. The Morgan fingerprint density at radius 3 is 2.50 bits per heavy atom. The topological polar surface area (TPSA) is 92.7 Å². The Bertz CT molecular complexity index is 302. The molecule has 1 amide bonds. The Morgan fingerprint density at radius 2 is 1.94 bits per heavy atom. The second-order valence-electron chi connectivity index (χ2n) is 3.78. The fourth-order valence-electron chi connectivity index (χ4n) is 1.93. The number of esters is 1. The van der Waals surface area contributed by atoms with E-state index >= 15 is 0 Å². The van der Waals surface area contributed by atoms with E-state index in [1.807, 2.05) is 0 Å². The number of hydrogen-bond acceptors (Lipinski definition) is 4. The molecule has 2 atom stereocenters. The van der Waals surface area contributed by atoms with Crippen LogP contribution in [0, 0.1) is 11.8 Å². The maximum Gasteiger partial charge on any atom is 0.325 e. The van der Waals surface area contributed by atoms with E-state index in [0.29, 0.717) is 12.8 Å². The number of carboxylic acids is 1. The molecule has 0 bridgehead atoms. The van der Waals surface area contributed by atoms with Crippen LogP contribution in [0.25, 0.3) is 0 Å². The highest BCUT2D eigenvalue weighted by molar-refractivity contribution is 5.87. The Labute approximate surface area is 93.0 Å². The predicted molar refractivity (Wildman–Crippen MR) is 53.5 cm³/mol. The van der Waals surface area contributed by atoms with Gasteiger partial charge in [0, 0.05) is 0 Å². The van der Waals surface area contributed by atoms with Crippen LogP contribution in [-0.4, -0.2) is 36.6 Å². The number of hydrogen-bond donors (Lipinski definition) is 2. The summed E-state index contributed by atoms with van der Waals surface area (Å²) in [4.78, 5) is 33.2. The summed E-state index contributed by atoms with van der Waals surface area (Å²) in [5.41, 5.74) is 0. The molecule has 2 N–H and O–H groups in total. The summed E-state index contributed by atoms with van der Waals surface area (Å²) in [5, 5.41) is 11.3. The number of carbonyl (C=O) groups excluding carboxylic acids is 2. The van der Waals surface area contributed by atoms with Gasteiger partial charge < -0.3 is 15.2 Å². The largest absolute Gasteiger partial charge is 0.481 e. The first-order valence-electron chi connectivity index (χ1n) is 5.13. The van der Waals surface area contributed by atoms with E-state index in [4.69, 9.17) is 5.11 Å². The van der Waals surface area contributed by atoms with Crippen molar-refractivity contribution in [2.45, 2.75) is 19.3 Å². The average molecular weight is 229 g/mol. The van der Waals surface area contributed by atoms with Crippen molar-refractivity contribution < 1.29 is 24.2 Å². The number of nitrogens with one attached hydrogen (secondary N) is 1. The lowest BCUT2D eigenvalue weighted by molar-refractivity contribution is -0.146. The molecular weight excluding hydrogens is 214 g/mol. The molecule has 1 saturated carbocycles. The second kappa shape index (κ2) is 5.48. The molecular formula is C10H15NO5. The Hall–Kier alpha value is -1.59. The van der Waals surface area contributed by atoms with Crippen LogP contribution in [0.15, 0.2) is 0 Å². The minimum Gasteiger partial charge on any atom is -0.481 e. The van der Waals surface area contributed by atoms with E-state index in [-0.39, 0.29) is 12.5 Å². The minimum absolute atomic E-state index is 0.210. The lowest BCUT2D eigenvalue weighted by Gasteiger charge is -2.14. The maximum atomic E-state index is 11.6. The molecule has 0 aromatic rings. The van der Waals surface area contributed by atoms with E-state index in [0.717, 1.165) is 6.42 Å². The summed E-state index contributed by atoms with van der Waals surface area (Å²) in [5.74, 6) is -3.02. The van der Waals surface area contributed by atoms with Crippen LogP contribution in [0.3, 0.4) is 0 Å². The van der Waals surface area contributed by atoms with Gasteiger partial charge in [0.05, 0.1) is 18.9 Å². The molecule has 0 saturated heterocycles. The van der Waals surface area contributed by atoms with Gasteiger partial charge in [-0.1, -0.05) is 6.42 Å². The zero-order chi connectivity index (χ0) is 12.1. The summed E-state index contributed by atoms with van der Waals surface area (Å²) < 4.78 is 4.37. The van der Waals surface area contributed by atoms with Gasteiger partial charge in [0.1, 0.15) is 6.54 Å². The van der Waals surface area contributed by atoms with Crippen LogP contribution >= 0.6 is 0 Å². The fraction of sp³-hybridized carbons (Fsp3) is 0.700. The van der Waals surface area contributed by atoms with Gasteiger partial charge in [0.2, 0.25) is 5.91 Å². The Kier molecular flexibility index (Phi) is 4.28. The highest BCUT2D eigenvalue weighted by atomic mass is 16.5. The van der Waals surface area contributed by atoms with Gasteiger partial charge >= 0.3 is 11.9 Å². The third kappa shape index (κ3) is 2.95. The van der Waals surface area contributed by atoms with Gasteiger partial charge in [-0.15, -0.1) is 0 Å². The summed E-state index contributed by atoms with van der Waals surface area (Å²) >= 11 is 0. The Morgan fingerprint density at radius 1 is 1.31 bits per heavy atom. The molecule has 1 rings (SSSR count). The average Bonchev–Trinajstić information content (AvgIpc) is 2.74. The number of methoxy groups -OCH3 is 1. The first kappa shape index (κ1) is 12.5. The number of carbonyl (C=O) groups is 3. The van der Waals surface area contributed by atoms with E-state index < -0.39 is 23.8 Å². The number of rotatable bonds is 4. The molecule has 0 aliphatic heterocycles. The number of aliphatic carboxylic acids is 1. The van der Waals surface area contributed by atoms with Crippen molar-refractivity contribution in [3.05, 3.63) is 0 Å². The van der Waals surface area contributed by atoms with E-state index in [2.05, 4.69) is 10.1 Å². The summed E-state index contributed by atoms with van der Waals surface area (Å²) in [6.45, 7) is -0.210. The van der Waals surface area contributed by atoms with Crippen molar-refractivity contribution in [2.75, 3.05) is 13.7 Å². The highest BCUT2D eigenvalue weighted by Gasteiger charge is 2.37. The minimum atomic E-state index is -0.948. The van der Waals surface area contributed by atoms with Gasteiger partial charge in [0.15, 0.2) is 0 Å². The SMILES string of the molecule is COC(=O)CNC(=O)[C@@H]1CCC[C@@H]1C(=O)O. The van der Waals surface area contributed by atoms with E-state index in [9.17, 15) is 14.4 Å². The van der Waals surface area contributed by atoms with E-state index in [1.165, 1.54) is 7.11 Å². The number of carboxylic acid groups (broad SMARTS) is 1. The third-order valence-electron chi connectivity index (χ3n) is 2.80. The quantitative estimate of drug-likeness (QED) is 0.650. The molecule has 0 heterocycles. The standard InChI is InChI=1S/C10H15NO5/c1-16-8(12)5-11-9(13)6-3-2-4-7(6)10(14)15/h6-7H,2-5H2,1H3,(H,11,13)(H,14,15)/t6-,7+/m1/s1. The molecule has 16 heavy (non-hydrogen) atoms. The summed E-state index contributed by atoms with van der Waals surface area (Å²) in [6.07, 6.45) is 1.81. The zero-order valence-corrected chi connectivity index (χ0v) is 9.06. The first-order valence-corrected chi connectivity index (χ1v) is 5.13. The molecule has 6 heteroatoms. The van der Waals surface area contributed by atoms with Crippen LogP contribution in [0.1, 0.15) is 19.3 Å². The molecule has 0 spiro atoms. The first-order chi connectivity index (χ1) is 7.56. The molecule has 0 radical (unpaired) electrons. The molecule has 1 aliphatic carbocycles. The maximum absolute atomic E-state index is 11.6. The number of amides is 1. The van der Waals surface area contributed by atoms with Crippen molar-refractivity contribution >= 4 is 17.8 Å². The van der Waals surface area contributed by atoms with Gasteiger partial charge in [-0.2, -0.15) is 0 Å². The van der Waals surface area contributed by atoms with Crippen molar-refractivity contribution in [3.63, 3.8) is 0 Å². The van der Waals surface area contributed by atoms with E-state index in [1.54, 1.807) is 0 Å². The van der Waals surface area contributed by atoms with Crippen molar-refractivity contribution in [1.82, 2.24) is 5.32 Å². The molecule has 0 aromatic carbocycles. The van der Waals surface area contributed by atoms with Gasteiger partial charge in [-0.05, 0) is 12.8 Å². The Balaban J connectivity index is 2.47. The van der Waals surface area contributed by atoms with Crippen LogP contribution in [0.2, 0.25) is 0 Å². The summed E-state index contributed by atoms with van der Waals surface area (Å²) in [7, 11) is 1.23. The molecule has 1 fully saturated rings. The second-order valence-corrected chi connectivity index (χ2v) is 3.78. The molecule has 90 valence electrons. The van der Waals surface area contributed by atoms with Crippen LogP contribution in [0.5, 0.6) is 0 Å². The molecule has 6 nitrogen and oxygen atoms in total. The molecule has 0 unspecified atom stereocenters. The summed E-state index contributed by atoms with van der Waals surface area (Å²) in [6, 6.07) is 0. The van der Waals surface area contributed by atoms with Crippen LogP contribution in [0.4, 0.5) is 0 Å². The molecule has 0 aromatic heterocycles. The highest BCUT2D eigenvalue weighted by Crippen LogP contribution is 2.31. The van der Waals surface area contributed by atoms with Gasteiger partial charge in [0.25, 0.3) is 0 Å². The third-order valence-corrected chi connectivity index (χ3v) is 2.80. The number of ether oxygens (including phenoxy) is 1. The van der Waals surface area contributed by atoms with Crippen molar-refractivity contribution in [1.29, 1.82) is 0 Å².